The highest BCUT2D eigenvalue weighted by molar-refractivity contribution is 8.03. The molecule has 2 nitrogen and oxygen atoms in total. The highest BCUT2D eigenvalue weighted by Gasteiger charge is 2.08. The Hall–Kier alpha value is -0.150. The lowest BCUT2D eigenvalue weighted by Gasteiger charge is -1.95. The van der Waals surface area contributed by atoms with Crippen LogP contribution in [0.3, 0.4) is 0 Å². The maximum absolute atomic E-state index is 5.46. The van der Waals surface area contributed by atoms with Crippen molar-refractivity contribution >= 4 is 11.8 Å². The molecule has 1 heterocycles. The van der Waals surface area contributed by atoms with Crippen molar-refractivity contribution in [3.8, 4) is 0 Å². The smallest absolute Gasteiger partial charge is 0.0630 e. The Balaban J connectivity index is 2.42. The van der Waals surface area contributed by atoms with Gasteiger partial charge in [-0.3, -0.25) is 0 Å². The Morgan fingerprint density at radius 2 is 2.57 bits per heavy atom. The van der Waals surface area contributed by atoms with Gasteiger partial charge in [-0.1, -0.05) is 17.8 Å². The summed E-state index contributed by atoms with van der Waals surface area (Å²) in [4.78, 5) is 0. The van der Waals surface area contributed by atoms with E-state index in [1.54, 1.807) is 0 Å². The molecule has 0 aromatic heterocycles. The molecule has 4 N–H and O–H groups in total. The third-order valence-corrected chi connectivity index (χ3v) is 1.77. The highest BCUT2D eigenvalue weighted by atomic mass is 32.2. The largest absolute Gasteiger partial charge is 0.394 e. The summed E-state index contributed by atoms with van der Waals surface area (Å²) < 4.78 is 0. The van der Waals surface area contributed by atoms with Crippen molar-refractivity contribution in [3.05, 3.63) is 11.1 Å². The van der Waals surface area contributed by atoms with E-state index in [0.717, 1.165) is 11.4 Å². The second-order valence-corrected chi connectivity index (χ2v) is 2.81. The van der Waals surface area contributed by atoms with Crippen LogP contribution in [0.1, 0.15) is 6.42 Å². The number of rotatable bonds is 0. The summed E-state index contributed by atoms with van der Waals surface area (Å²) in [5.74, 6) is 0. The molecule has 1 rings (SSSR count). The van der Waals surface area contributed by atoms with E-state index in [1.165, 1.54) is 11.8 Å². The molecule has 0 saturated carbocycles. The quantitative estimate of drug-likeness (QED) is 0.475. The van der Waals surface area contributed by atoms with Crippen LogP contribution < -0.4 is 11.5 Å². The molecule has 0 amide bonds. The maximum atomic E-state index is 5.46. The number of hydrogen-bond acceptors (Lipinski definition) is 3. The molecule has 0 saturated heterocycles. The molecule has 0 bridgehead atoms. The molecule has 0 aromatic rings. The minimum Gasteiger partial charge on any atom is -0.394 e. The maximum Gasteiger partial charge on any atom is 0.0630 e. The lowest BCUT2D eigenvalue weighted by atomic mass is 10.4. The molecule has 0 fully saturated rings. The summed E-state index contributed by atoms with van der Waals surface area (Å²) in [7, 11) is 0. The normalized spacial score (nSPS) is 30.4. The van der Waals surface area contributed by atoms with Crippen LogP contribution in [0.5, 0.6) is 0 Å². The lowest BCUT2D eigenvalue weighted by molar-refractivity contribution is 0.952. The van der Waals surface area contributed by atoms with Crippen molar-refractivity contribution < 1.29 is 0 Å². The molecule has 1 unspecified atom stereocenters. The SMILES string of the molecule is NC1=CCC(N)S1. The number of thioether (sulfide) groups is 1. The van der Waals surface area contributed by atoms with Gasteiger partial charge in [0.05, 0.1) is 10.4 Å². The molecule has 0 spiro atoms. The highest BCUT2D eigenvalue weighted by Crippen LogP contribution is 2.23. The van der Waals surface area contributed by atoms with Crippen molar-refractivity contribution in [2.75, 3.05) is 0 Å². The minimum absolute atomic E-state index is 0.222. The number of nitrogens with two attached hydrogens (primary N) is 2. The predicted molar refractivity (Wildman–Crippen MR) is 32.5 cm³/mol. The molecule has 1 aliphatic rings. The summed E-state index contributed by atoms with van der Waals surface area (Å²) in [6.45, 7) is 0. The number of hydrogen-bond donors (Lipinski definition) is 2. The first kappa shape index (κ1) is 5.00. The van der Waals surface area contributed by atoms with Crippen molar-refractivity contribution in [2.24, 2.45) is 11.5 Å². The van der Waals surface area contributed by atoms with E-state index >= 15 is 0 Å². The van der Waals surface area contributed by atoms with Gasteiger partial charge in [0.2, 0.25) is 0 Å². The monoisotopic (exact) mass is 116 g/mol. The van der Waals surface area contributed by atoms with Gasteiger partial charge in [-0.2, -0.15) is 0 Å². The fourth-order valence-corrected chi connectivity index (χ4v) is 1.24. The van der Waals surface area contributed by atoms with Crippen molar-refractivity contribution in [1.82, 2.24) is 0 Å². The van der Waals surface area contributed by atoms with E-state index in [0.29, 0.717) is 0 Å². The first-order valence-electron chi connectivity index (χ1n) is 2.17. The standard InChI is InChI=1S/C4H8N2S/c5-3-1-2-4(6)7-3/h1,4H,2,5-6H2. The van der Waals surface area contributed by atoms with Crippen LogP contribution >= 0.6 is 11.8 Å². The molecular formula is C4H8N2S. The summed E-state index contributed by atoms with van der Waals surface area (Å²) in [5, 5.41) is 1.09. The summed E-state index contributed by atoms with van der Waals surface area (Å²) >= 11 is 1.54. The van der Waals surface area contributed by atoms with Gasteiger partial charge in [-0.05, 0) is 6.42 Å². The van der Waals surface area contributed by atoms with Crippen molar-refractivity contribution in [2.45, 2.75) is 11.8 Å². The second-order valence-electron chi connectivity index (χ2n) is 1.50. The van der Waals surface area contributed by atoms with Crippen LogP contribution in [-0.4, -0.2) is 5.37 Å². The summed E-state index contributed by atoms with van der Waals surface area (Å²) in [6.07, 6.45) is 2.88. The Kier molecular flexibility index (Phi) is 1.25. The fraction of sp³-hybridized carbons (Fsp3) is 0.500. The van der Waals surface area contributed by atoms with Crippen LogP contribution in [0.4, 0.5) is 0 Å². The lowest BCUT2D eigenvalue weighted by Crippen LogP contribution is -2.10. The molecule has 1 atom stereocenters. The Morgan fingerprint density at radius 3 is 2.71 bits per heavy atom. The summed E-state index contributed by atoms with van der Waals surface area (Å²) in [6, 6.07) is 0. The van der Waals surface area contributed by atoms with Crippen LogP contribution in [0.2, 0.25) is 0 Å². The topological polar surface area (TPSA) is 52.0 Å². The van der Waals surface area contributed by atoms with Gasteiger partial charge in [-0.25, -0.2) is 0 Å². The molecule has 0 aromatic carbocycles. The first-order chi connectivity index (χ1) is 3.29. The molecule has 0 aliphatic carbocycles. The minimum atomic E-state index is 0.222. The Bertz CT molecular complexity index is 99.9. The average Bonchev–Trinajstić information content (AvgIpc) is 1.87. The van der Waals surface area contributed by atoms with Crippen LogP contribution in [0.25, 0.3) is 0 Å². The van der Waals surface area contributed by atoms with Gasteiger partial charge in [0.15, 0.2) is 0 Å². The van der Waals surface area contributed by atoms with E-state index in [4.69, 9.17) is 11.5 Å². The van der Waals surface area contributed by atoms with Crippen molar-refractivity contribution in [3.63, 3.8) is 0 Å². The molecular weight excluding hydrogens is 108 g/mol. The van der Waals surface area contributed by atoms with Crippen LogP contribution in [0.15, 0.2) is 11.1 Å². The molecule has 40 valence electrons. The first-order valence-corrected chi connectivity index (χ1v) is 3.05. The van der Waals surface area contributed by atoms with Gasteiger partial charge >= 0.3 is 0 Å². The van der Waals surface area contributed by atoms with Crippen LogP contribution in [-0.2, 0) is 0 Å². The van der Waals surface area contributed by atoms with E-state index in [-0.39, 0.29) is 5.37 Å². The van der Waals surface area contributed by atoms with Gasteiger partial charge in [0.25, 0.3) is 0 Å². The average molecular weight is 116 g/mol. The van der Waals surface area contributed by atoms with E-state index in [9.17, 15) is 0 Å². The Morgan fingerprint density at radius 1 is 1.86 bits per heavy atom. The molecule has 3 heteroatoms. The van der Waals surface area contributed by atoms with Crippen molar-refractivity contribution in [1.29, 1.82) is 0 Å². The third kappa shape index (κ3) is 1.11. The molecule has 1 aliphatic heterocycles. The Labute approximate surface area is 46.9 Å². The molecule has 0 radical (unpaired) electrons. The third-order valence-electron chi connectivity index (χ3n) is 0.839. The van der Waals surface area contributed by atoms with Gasteiger partial charge in [0, 0.05) is 0 Å². The zero-order valence-electron chi connectivity index (χ0n) is 3.92. The van der Waals surface area contributed by atoms with E-state index < -0.39 is 0 Å². The zero-order valence-corrected chi connectivity index (χ0v) is 4.74. The van der Waals surface area contributed by atoms with Gasteiger partial charge in [0.1, 0.15) is 0 Å². The van der Waals surface area contributed by atoms with Crippen LogP contribution in [0, 0.1) is 0 Å². The summed E-state index contributed by atoms with van der Waals surface area (Å²) in [5.41, 5.74) is 10.8. The van der Waals surface area contributed by atoms with Gasteiger partial charge in [-0.15, -0.1) is 0 Å². The second kappa shape index (κ2) is 1.76. The molecule has 7 heavy (non-hydrogen) atoms. The fourth-order valence-electron chi connectivity index (χ4n) is 0.503. The van der Waals surface area contributed by atoms with E-state index in [2.05, 4.69) is 0 Å². The zero-order chi connectivity index (χ0) is 5.28. The predicted octanol–water partition coefficient (Wildman–Crippen LogP) is 0.208. The van der Waals surface area contributed by atoms with E-state index in [1.807, 2.05) is 6.08 Å². The van der Waals surface area contributed by atoms with Gasteiger partial charge < -0.3 is 11.5 Å².